The molecule has 0 aliphatic carbocycles. The summed E-state index contributed by atoms with van der Waals surface area (Å²) in [6.45, 7) is 2.07. The van der Waals surface area contributed by atoms with Crippen molar-refractivity contribution in [1.29, 1.82) is 0 Å². The fraction of sp³-hybridized carbons (Fsp3) is 0.174. The van der Waals surface area contributed by atoms with Crippen molar-refractivity contribution in [3.05, 3.63) is 79.3 Å². The molecule has 0 spiro atoms. The topological polar surface area (TPSA) is 105 Å². The van der Waals surface area contributed by atoms with E-state index in [1.54, 1.807) is 71.8 Å². The zero-order valence-corrected chi connectivity index (χ0v) is 18.6. The van der Waals surface area contributed by atoms with Gasteiger partial charge in [-0.3, -0.25) is 4.72 Å². The molecule has 1 aliphatic rings. The number of hydrogen-bond acceptors (Lipinski definition) is 7. The van der Waals surface area contributed by atoms with Crippen LogP contribution in [-0.2, 0) is 10.0 Å². The molecule has 5 rings (SSSR count). The van der Waals surface area contributed by atoms with Crippen LogP contribution in [0.15, 0.2) is 84.1 Å². The second-order valence-corrected chi connectivity index (χ2v) is 9.43. The average molecular weight is 462 g/mol. The summed E-state index contributed by atoms with van der Waals surface area (Å²) in [5, 5.41) is 15.6. The minimum Gasteiger partial charge on any atom is -0.370 e. The molecular weight excluding hydrogens is 438 g/mol. The average Bonchev–Trinajstić information content (AvgIpc) is 3.55. The third-order valence-electron chi connectivity index (χ3n) is 5.44. The van der Waals surface area contributed by atoms with Crippen molar-refractivity contribution < 1.29 is 8.42 Å². The van der Waals surface area contributed by atoms with E-state index in [0.29, 0.717) is 11.5 Å². The van der Waals surface area contributed by atoms with E-state index in [4.69, 9.17) is 0 Å². The maximum absolute atomic E-state index is 12.8. The summed E-state index contributed by atoms with van der Waals surface area (Å²) in [7, 11) is -3.71. The van der Waals surface area contributed by atoms with Crippen molar-refractivity contribution in [3.8, 4) is 5.69 Å². The highest BCUT2D eigenvalue weighted by Crippen LogP contribution is 2.24. The predicted molar refractivity (Wildman–Crippen MR) is 128 cm³/mol. The van der Waals surface area contributed by atoms with Gasteiger partial charge in [0, 0.05) is 42.9 Å². The van der Waals surface area contributed by atoms with Crippen molar-refractivity contribution in [1.82, 2.24) is 20.0 Å². The molecule has 0 amide bonds. The van der Waals surface area contributed by atoms with Crippen molar-refractivity contribution in [2.24, 2.45) is 0 Å². The van der Waals surface area contributed by atoms with Gasteiger partial charge in [-0.1, -0.05) is 0 Å². The molecule has 1 fully saturated rings. The van der Waals surface area contributed by atoms with Gasteiger partial charge < -0.3 is 10.2 Å². The van der Waals surface area contributed by atoms with Gasteiger partial charge in [0.25, 0.3) is 10.0 Å². The molecule has 1 aliphatic heterocycles. The number of benzene rings is 2. The van der Waals surface area contributed by atoms with Gasteiger partial charge in [0.05, 0.1) is 22.5 Å². The first-order valence-electron chi connectivity index (χ1n) is 10.6. The smallest absolute Gasteiger partial charge is 0.261 e. The van der Waals surface area contributed by atoms with E-state index in [9.17, 15) is 8.42 Å². The summed E-state index contributed by atoms with van der Waals surface area (Å²) in [4.78, 5) is 2.47. The summed E-state index contributed by atoms with van der Waals surface area (Å²) in [6, 6.07) is 17.3. The molecule has 0 atom stereocenters. The Kier molecular flexibility index (Phi) is 5.66. The lowest BCUT2D eigenvalue weighted by molar-refractivity contribution is 0.601. The first-order valence-corrected chi connectivity index (χ1v) is 12.1. The molecule has 2 aromatic carbocycles. The minimum absolute atomic E-state index is 0.176. The van der Waals surface area contributed by atoms with Crippen LogP contribution in [0.4, 0.5) is 22.9 Å². The highest BCUT2D eigenvalue weighted by Gasteiger charge is 2.15. The predicted octanol–water partition coefficient (Wildman–Crippen LogP) is 3.81. The van der Waals surface area contributed by atoms with Gasteiger partial charge >= 0.3 is 0 Å². The molecule has 1 saturated heterocycles. The van der Waals surface area contributed by atoms with Crippen LogP contribution in [0.2, 0.25) is 0 Å². The molecule has 33 heavy (non-hydrogen) atoms. The van der Waals surface area contributed by atoms with E-state index in [0.717, 1.165) is 30.2 Å². The lowest BCUT2D eigenvalue weighted by Crippen LogP contribution is -2.18. The molecule has 2 N–H and O–H groups in total. The molecule has 10 heteroatoms. The monoisotopic (exact) mass is 461 g/mol. The largest absolute Gasteiger partial charge is 0.370 e. The zero-order valence-electron chi connectivity index (χ0n) is 17.8. The molecular formula is C23H23N7O2S. The van der Waals surface area contributed by atoms with E-state index in [2.05, 4.69) is 30.2 Å². The van der Waals surface area contributed by atoms with Crippen LogP contribution in [0.1, 0.15) is 12.8 Å². The summed E-state index contributed by atoms with van der Waals surface area (Å²) < 4.78 is 29.8. The van der Waals surface area contributed by atoms with Gasteiger partial charge in [0.15, 0.2) is 5.82 Å². The Bertz CT molecular complexity index is 1320. The Balaban J connectivity index is 1.25. The number of hydrogen-bond donors (Lipinski definition) is 2. The van der Waals surface area contributed by atoms with E-state index < -0.39 is 10.0 Å². The third kappa shape index (κ3) is 4.80. The molecule has 4 aromatic rings. The van der Waals surface area contributed by atoms with Crippen molar-refractivity contribution in [2.45, 2.75) is 17.7 Å². The Morgan fingerprint density at radius 1 is 0.879 bits per heavy atom. The van der Waals surface area contributed by atoms with E-state index in [1.165, 1.54) is 12.8 Å². The van der Waals surface area contributed by atoms with Crippen LogP contribution in [0, 0.1) is 0 Å². The lowest BCUT2D eigenvalue weighted by atomic mass is 10.3. The number of sulfonamides is 1. The van der Waals surface area contributed by atoms with E-state index in [1.807, 2.05) is 12.1 Å². The second kappa shape index (κ2) is 8.91. The quantitative estimate of drug-likeness (QED) is 0.431. The highest BCUT2D eigenvalue weighted by molar-refractivity contribution is 7.92. The first kappa shape index (κ1) is 21.0. The Morgan fingerprint density at radius 2 is 1.61 bits per heavy atom. The number of rotatable bonds is 7. The minimum atomic E-state index is -3.71. The summed E-state index contributed by atoms with van der Waals surface area (Å²) in [5.74, 6) is 0.644. The molecule has 0 saturated carbocycles. The molecule has 2 aromatic heterocycles. The van der Waals surface area contributed by atoms with Gasteiger partial charge in [-0.15, -0.1) is 5.10 Å². The molecule has 0 radical (unpaired) electrons. The summed E-state index contributed by atoms with van der Waals surface area (Å²) in [5.41, 5.74) is 3.09. The van der Waals surface area contributed by atoms with Crippen LogP contribution in [0.25, 0.3) is 5.69 Å². The maximum atomic E-state index is 12.8. The summed E-state index contributed by atoms with van der Waals surface area (Å²) >= 11 is 0. The van der Waals surface area contributed by atoms with Gasteiger partial charge in [-0.2, -0.15) is 10.2 Å². The number of anilines is 4. The molecule has 3 heterocycles. The molecule has 9 nitrogen and oxygen atoms in total. The third-order valence-corrected chi connectivity index (χ3v) is 6.83. The number of aromatic nitrogens is 4. The lowest BCUT2D eigenvalue weighted by Gasteiger charge is -2.17. The van der Waals surface area contributed by atoms with Gasteiger partial charge in [-0.05, 0) is 67.4 Å². The van der Waals surface area contributed by atoms with Gasteiger partial charge in [0.1, 0.15) is 0 Å². The molecule has 168 valence electrons. The molecule has 0 bridgehead atoms. The van der Waals surface area contributed by atoms with Crippen LogP contribution < -0.4 is 14.9 Å². The fourth-order valence-electron chi connectivity index (χ4n) is 3.75. The van der Waals surface area contributed by atoms with Gasteiger partial charge in [0.2, 0.25) is 0 Å². The SMILES string of the molecule is O=S(=O)(Nc1ccc(Nc2cc(N3CCCC3)cnn2)cc1)c1ccc(-n2cccn2)cc1. The van der Waals surface area contributed by atoms with Crippen LogP contribution >= 0.6 is 0 Å². The normalized spacial score (nSPS) is 13.8. The number of nitrogens with one attached hydrogen (secondary N) is 2. The van der Waals surface area contributed by atoms with Crippen LogP contribution in [0.5, 0.6) is 0 Å². The van der Waals surface area contributed by atoms with E-state index >= 15 is 0 Å². The first-order chi connectivity index (χ1) is 16.1. The van der Waals surface area contributed by atoms with Crippen molar-refractivity contribution in [3.63, 3.8) is 0 Å². The van der Waals surface area contributed by atoms with Crippen LogP contribution in [0.3, 0.4) is 0 Å². The Labute approximate surface area is 192 Å². The Hall–Kier alpha value is -3.92. The number of nitrogens with zero attached hydrogens (tertiary/aromatic N) is 5. The second-order valence-electron chi connectivity index (χ2n) is 7.75. The standard InChI is InChI=1S/C23H23N7O2S/c31-33(32,22-10-8-20(9-11-22)30-15-3-12-25-30)28-19-6-4-18(5-7-19)26-23-16-21(17-24-27-23)29-13-1-2-14-29/h3-12,15-17,28H,1-2,13-14H2,(H,26,27). The molecule has 0 unspecified atom stereocenters. The fourth-order valence-corrected chi connectivity index (χ4v) is 4.81. The Morgan fingerprint density at radius 3 is 2.30 bits per heavy atom. The summed E-state index contributed by atoms with van der Waals surface area (Å²) in [6.07, 6.45) is 7.62. The van der Waals surface area contributed by atoms with Crippen LogP contribution in [-0.4, -0.2) is 41.5 Å². The highest BCUT2D eigenvalue weighted by atomic mass is 32.2. The van der Waals surface area contributed by atoms with Crippen molar-refractivity contribution >= 4 is 32.9 Å². The van der Waals surface area contributed by atoms with Crippen molar-refractivity contribution in [2.75, 3.05) is 28.0 Å². The van der Waals surface area contributed by atoms with E-state index in [-0.39, 0.29) is 4.90 Å². The van der Waals surface area contributed by atoms with Gasteiger partial charge in [-0.25, -0.2) is 13.1 Å². The maximum Gasteiger partial charge on any atom is 0.261 e. The zero-order chi connectivity index (χ0) is 22.7.